The topological polar surface area (TPSA) is 64.4 Å². The Morgan fingerprint density at radius 2 is 1.61 bits per heavy atom. The van der Waals surface area contributed by atoms with Gasteiger partial charge in [-0.05, 0) is 67.0 Å². The van der Waals surface area contributed by atoms with Gasteiger partial charge in [-0.1, -0.05) is 29.8 Å². The van der Waals surface area contributed by atoms with Gasteiger partial charge in [-0.25, -0.2) is 4.79 Å². The molecule has 1 aromatic heterocycles. The molecule has 0 N–H and O–H groups in total. The monoisotopic (exact) mass is 425 g/mol. The highest BCUT2D eigenvalue weighted by atomic mass is 16.5. The Hall–Kier alpha value is -2.89. The number of carbonyl (C=O) groups is 2. The standard InChI is InChI=1S/C25H35N3O3/c1-16(2)28(17(3)4)25(30)21(8)31-24(29)14-13-23-19(6)26-27(20(23)7)15-22-11-9-18(5)10-12-22/h9-14,16-17,21H,15H2,1-8H3/b14-13+. The average Bonchev–Trinajstić information content (AvgIpc) is 2.94. The predicted molar refractivity (Wildman–Crippen MR) is 124 cm³/mol. The average molecular weight is 426 g/mol. The zero-order valence-electron chi connectivity index (χ0n) is 20.0. The minimum Gasteiger partial charge on any atom is -0.449 e. The molecule has 0 aliphatic rings. The van der Waals surface area contributed by atoms with E-state index in [1.165, 1.54) is 17.2 Å². The second kappa shape index (κ2) is 10.4. The fraction of sp³-hybridized carbons (Fsp3) is 0.480. The van der Waals surface area contributed by atoms with Crippen molar-refractivity contribution < 1.29 is 14.3 Å². The third kappa shape index (κ3) is 6.29. The van der Waals surface area contributed by atoms with E-state index in [4.69, 9.17) is 4.74 Å². The number of hydrogen-bond acceptors (Lipinski definition) is 4. The van der Waals surface area contributed by atoms with Gasteiger partial charge in [-0.15, -0.1) is 0 Å². The van der Waals surface area contributed by atoms with Crippen molar-refractivity contribution in [2.45, 2.75) is 80.1 Å². The van der Waals surface area contributed by atoms with E-state index < -0.39 is 12.1 Å². The molecule has 0 spiro atoms. The van der Waals surface area contributed by atoms with E-state index in [2.05, 4.69) is 36.3 Å². The number of benzene rings is 1. The van der Waals surface area contributed by atoms with E-state index in [-0.39, 0.29) is 18.0 Å². The second-order valence-electron chi connectivity index (χ2n) is 8.57. The lowest BCUT2D eigenvalue weighted by Gasteiger charge is -2.32. The molecule has 1 amide bonds. The summed E-state index contributed by atoms with van der Waals surface area (Å²) in [6.07, 6.45) is 2.24. The van der Waals surface area contributed by atoms with Crippen molar-refractivity contribution in [3.63, 3.8) is 0 Å². The fourth-order valence-corrected chi connectivity index (χ4v) is 3.70. The van der Waals surface area contributed by atoms with Crippen molar-refractivity contribution in [3.05, 3.63) is 58.4 Å². The van der Waals surface area contributed by atoms with E-state index in [9.17, 15) is 9.59 Å². The van der Waals surface area contributed by atoms with Crippen molar-refractivity contribution in [2.75, 3.05) is 0 Å². The molecule has 31 heavy (non-hydrogen) atoms. The predicted octanol–water partition coefficient (Wildman–Crippen LogP) is 4.45. The smallest absolute Gasteiger partial charge is 0.331 e. The summed E-state index contributed by atoms with van der Waals surface area (Å²) in [5, 5.41) is 4.61. The number of aryl methyl sites for hydroxylation is 2. The van der Waals surface area contributed by atoms with Gasteiger partial charge in [0.2, 0.25) is 0 Å². The molecule has 1 heterocycles. The van der Waals surface area contributed by atoms with Gasteiger partial charge >= 0.3 is 5.97 Å². The number of nitrogens with zero attached hydrogens (tertiary/aromatic N) is 3. The van der Waals surface area contributed by atoms with Crippen LogP contribution < -0.4 is 0 Å². The molecule has 1 unspecified atom stereocenters. The summed E-state index contributed by atoms with van der Waals surface area (Å²) in [4.78, 5) is 26.7. The van der Waals surface area contributed by atoms with Gasteiger partial charge in [0.05, 0.1) is 12.2 Å². The van der Waals surface area contributed by atoms with Crippen LogP contribution in [0.2, 0.25) is 0 Å². The molecule has 0 fully saturated rings. The van der Waals surface area contributed by atoms with Gasteiger partial charge in [0, 0.05) is 29.4 Å². The van der Waals surface area contributed by atoms with Crippen LogP contribution in [0.4, 0.5) is 0 Å². The van der Waals surface area contributed by atoms with Gasteiger partial charge in [-0.2, -0.15) is 5.10 Å². The van der Waals surface area contributed by atoms with Crippen LogP contribution in [0.15, 0.2) is 30.3 Å². The summed E-state index contributed by atoms with van der Waals surface area (Å²) >= 11 is 0. The van der Waals surface area contributed by atoms with Crippen molar-refractivity contribution in [1.29, 1.82) is 0 Å². The van der Waals surface area contributed by atoms with Crippen LogP contribution in [0.25, 0.3) is 6.08 Å². The highest BCUT2D eigenvalue weighted by Gasteiger charge is 2.27. The van der Waals surface area contributed by atoms with E-state index in [0.29, 0.717) is 6.54 Å². The summed E-state index contributed by atoms with van der Waals surface area (Å²) in [6.45, 7) is 16.0. The fourth-order valence-electron chi connectivity index (χ4n) is 3.70. The molecule has 0 aliphatic heterocycles. The Bertz CT molecular complexity index is 932. The summed E-state index contributed by atoms with van der Waals surface area (Å²) in [5.74, 6) is -0.733. The second-order valence-corrected chi connectivity index (χ2v) is 8.57. The van der Waals surface area contributed by atoms with Gasteiger partial charge < -0.3 is 9.64 Å². The van der Waals surface area contributed by atoms with E-state index >= 15 is 0 Å². The highest BCUT2D eigenvalue weighted by molar-refractivity contribution is 5.90. The van der Waals surface area contributed by atoms with Crippen molar-refractivity contribution >= 4 is 18.0 Å². The molecule has 0 bridgehead atoms. The van der Waals surface area contributed by atoms with Crippen molar-refractivity contribution in [2.24, 2.45) is 0 Å². The third-order valence-electron chi connectivity index (χ3n) is 5.28. The zero-order valence-corrected chi connectivity index (χ0v) is 20.0. The number of hydrogen-bond donors (Lipinski definition) is 0. The molecule has 2 rings (SSSR count). The number of amides is 1. The maximum absolute atomic E-state index is 12.7. The first kappa shape index (κ1) is 24.4. The Morgan fingerprint density at radius 1 is 1.03 bits per heavy atom. The largest absolute Gasteiger partial charge is 0.449 e. The van der Waals surface area contributed by atoms with Gasteiger partial charge in [-0.3, -0.25) is 9.48 Å². The number of ether oxygens (including phenoxy) is 1. The number of aromatic nitrogens is 2. The van der Waals surface area contributed by atoms with Gasteiger partial charge in [0.15, 0.2) is 6.10 Å². The quantitative estimate of drug-likeness (QED) is 0.463. The lowest BCUT2D eigenvalue weighted by atomic mass is 10.1. The van der Waals surface area contributed by atoms with Crippen LogP contribution in [0.1, 0.15) is 62.7 Å². The van der Waals surface area contributed by atoms with Crippen LogP contribution in [-0.2, 0) is 20.9 Å². The van der Waals surface area contributed by atoms with Crippen LogP contribution in [0.3, 0.4) is 0 Å². The molecule has 0 radical (unpaired) electrons. The Morgan fingerprint density at radius 3 is 2.16 bits per heavy atom. The summed E-state index contributed by atoms with van der Waals surface area (Å²) < 4.78 is 7.30. The number of carbonyl (C=O) groups excluding carboxylic acids is 2. The van der Waals surface area contributed by atoms with Crippen LogP contribution in [-0.4, -0.2) is 44.7 Å². The number of esters is 1. The first-order valence-corrected chi connectivity index (χ1v) is 10.8. The zero-order chi connectivity index (χ0) is 23.3. The van der Waals surface area contributed by atoms with E-state index in [1.54, 1.807) is 17.9 Å². The molecule has 0 aliphatic carbocycles. The Labute approximate surface area is 185 Å². The normalized spacial score (nSPS) is 12.6. The Kier molecular flexibility index (Phi) is 8.20. The molecule has 1 aromatic carbocycles. The summed E-state index contributed by atoms with van der Waals surface area (Å²) in [5.41, 5.74) is 5.07. The molecule has 2 aromatic rings. The molecule has 6 nitrogen and oxygen atoms in total. The minimum absolute atomic E-state index is 0.0360. The number of rotatable bonds is 8. The molecule has 6 heteroatoms. The Balaban J connectivity index is 2.07. The minimum atomic E-state index is -0.839. The molecule has 0 saturated heterocycles. The summed E-state index contributed by atoms with van der Waals surface area (Å²) in [6, 6.07) is 8.42. The maximum Gasteiger partial charge on any atom is 0.331 e. The maximum atomic E-state index is 12.7. The molecule has 1 atom stereocenters. The van der Waals surface area contributed by atoms with Crippen LogP contribution in [0.5, 0.6) is 0 Å². The van der Waals surface area contributed by atoms with Crippen LogP contribution in [0, 0.1) is 20.8 Å². The van der Waals surface area contributed by atoms with Gasteiger partial charge in [0.1, 0.15) is 0 Å². The van der Waals surface area contributed by atoms with Crippen molar-refractivity contribution in [3.8, 4) is 0 Å². The van der Waals surface area contributed by atoms with E-state index in [0.717, 1.165) is 17.0 Å². The molecule has 0 saturated carbocycles. The first-order valence-electron chi connectivity index (χ1n) is 10.8. The van der Waals surface area contributed by atoms with Gasteiger partial charge in [0.25, 0.3) is 5.91 Å². The highest BCUT2D eigenvalue weighted by Crippen LogP contribution is 2.17. The van der Waals surface area contributed by atoms with Crippen LogP contribution >= 0.6 is 0 Å². The van der Waals surface area contributed by atoms with Crippen molar-refractivity contribution in [1.82, 2.24) is 14.7 Å². The SMILES string of the molecule is Cc1ccc(Cn2nc(C)c(/C=C/C(=O)OC(C)C(=O)N(C(C)C)C(C)C)c2C)cc1. The lowest BCUT2D eigenvalue weighted by molar-refractivity contribution is -0.157. The molecular weight excluding hydrogens is 390 g/mol. The summed E-state index contributed by atoms with van der Waals surface area (Å²) in [7, 11) is 0. The third-order valence-corrected chi connectivity index (χ3v) is 5.28. The first-order chi connectivity index (χ1) is 14.5. The molecule has 168 valence electrons. The molecular formula is C25H35N3O3. The van der Waals surface area contributed by atoms with E-state index in [1.807, 2.05) is 46.2 Å². The lowest BCUT2D eigenvalue weighted by Crippen LogP contribution is -2.47.